The highest BCUT2D eigenvalue weighted by atomic mass is 16.5. The number of hydrogen-bond donors (Lipinski definition) is 1. The van der Waals surface area contributed by atoms with Crippen molar-refractivity contribution in [1.82, 2.24) is 20.4 Å². The average Bonchev–Trinajstić information content (AvgIpc) is 3.17. The van der Waals surface area contributed by atoms with E-state index in [2.05, 4.69) is 29.3 Å². The van der Waals surface area contributed by atoms with Gasteiger partial charge in [0.1, 0.15) is 0 Å². The lowest BCUT2D eigenvalue weighted by Gasteiger charge is -2.21. The van der Waals surface area contributed by atoms with Crippen molar-refractivity contribution >= 4 is 11.8 Å². The maximum Gasteiger partial charge on any atom is 0.252 e. The largest absolute Gasteiger partial charge is 0.345 e. The smallest absolute Gasteiger partial charge is 0.252 e. The monoisotopic (exact) mass is 356 g/mol. The summed E-state index contributed by atoms with van der Waals surface area (Å²) < 4.78 is 5.24. The molecule has 0 spiro atoms. The van der Waals surface area contributed by atoms with Gasteiger partial charge in [0.05, 0.1) is 19.0 Å². The van der Waals surface area contributed by atoms with E-state index in [9.17, 15) is 9.59 Å². The Morgan fingerprint density at radius 2 is 2.12 bits per heavy atom. The molecular weight excluding hydrogens is 332 g/mol. The van der Waals surface area contributed by atoms with Gasteiger partial charge in [-0.3, -0.25) is 9.59 Å². The summed E-state index contributed by atoms with van der Waals surface area (Å²) in [6.07, 6.45) is 0.936. The summed E-state index contributed by atoms with van der Waals surface area (Å²) in [4.78, 5) is 30.8. The molecule has 2 aromatic rings. The van der Waals surface area contributed by atoms with Crippen LogP contribution in [0.5, 0.6) is 0 Å². The first-order valence-electron chi connectivity index (χ1n) is 8.97. The summed E-state index contributed by atoms with van der Waals surface area (Å²) in [7, 11) is 0. The number of rotatable bonds is 7. The summed E-state index contributed by atoms with van der Waals surface area (Å²) in [5.41, 5.74) is 1.52. The third kappa shape index (κ3) is 3.92. The van der Waals surface area contributed by atoms with Crippen LogP contribution in [-0.4, -0.2) is 33.4 Å². The normalized spacial score (nSPS) is 15.8. The Balaban J connectivity index is 1.64. The molecule has 2 heterocycles. The maximum atomic E-state index is 12.7. The molecule has 0 radical (unpaired) electrons. The summed E-state index contributed by atoms with van der Waals surface area (Å²) in [5.74, 6) is 1.35. The SMILES string of the molecule is CCN(Cc1noc(CC(C)C)n1)C(=O)C[C@@H]1NC(=O)c2ccccc21. The van der Waals surface area contributed by atoms with Crippen LogP contribution in [0.4, 0.5) is 0 Å². The van der Waals surface area contributed by atoms with Crippen molar-refractivity contribution in [2.24, 2.45) is 5.92 Å². The van der Waals surface area contributed by atoms with Crippen LogP contribution in [-0.2, 0) is 17.8 Å². The summed E-state index contributed by atoms with van der Waals surface area (Å²) in [6, 6.07) is 7.08. The molecule has 0 aliphatic carbocycles. The Morgan fingerprint density at radius 1 is 1.35 bits per heavy atom. The van der Waals surface area contributed by atoms with Crippen LogP contribution in [0.15, 0.2) is 28.8 Å². The van der Waals surface area contributed by atoms with Crippen LogP contribution in [0, 0.1) is 5.92 Å². The second-order valence-corrected chi connectivity index (χ2v) is 6.93. The Labute approximate surface area is 152 Å². The van der Waals surface area contributed by atoms with Crippen LogP contribution < -0.4 is 5.32 Å². The summed E-state index contributed by atoms with van der Waals surface area (Å²) in [6.45, 7) is 6.92. The number of hydrogen-bond acceptors (Lipinski definition) is 5. The molecule has 1 atom stereocenters. The molecule has 1 aliphatic rings. The van der Waals surface area contributed by atoms with Crippen LogP contribution in [0.2, 0.25) is 0 Å². The van der Waals surface area contributed by atoms with Crippen molar-refractivity contribution in [2.45, 2.75) is 46.2 Å². The van der Waals surface area contributed by atoms with Gasteiger partial charge in [0.2, 0.25) is 11.8 Å². The van der Waals surface area contributed by atoms with Crippen molar-refractivity contribution in [1.29, 1.82) is 0 Å². The molecule has 26 heavy (non-hydrogen) atoms. The van der Waals surface area contributed by atoms with Gasteiger partial charge in [-0.15, -0.1) is 0 Å². The summed E-state index contributed by atoms with van der Waals surface area (Å²) in [5, 5.41) is 6.85. The number of carbonyl (C=O) groups is 2. The summed E-state index contributed by atoms with van der Waals surface area (Å²) >= 11 is 0. The molecule has 138 valence electrons. The minimum Gasteiger partial charge on any atom is -0.345 e. The molecule has 7 nitrogen and oxygen atoms in total. The zero-order valence-corrected chi connectivity index (χ0v) is 15.4. The van der Waals surface area contributed by atoms with Gasteiger partial charge in [0.15, 0.2) is 5.82 Å². The van der Waals surface area contributed by atoms with Gasteiger partial charge in [-0.25, -0.2) is 0 Å². The quantitative estimate of drug-likeness (QED) is 0.823. The fraction of sp³-hybridized carbons (Fsp3) is 0.474. The first-order valence-corrected chi connectivity index (χ1v) is 8.97. The second kappa shape index (κ2) is 7.68. The highest BCUT2D eigenvalue weighted by Crippen LogP contribution is 2.28. The second-order valence-electron chi connectivity index (χ2n) is 6.93. The molecule has 1 N–H and O–H groups in total. The molecular formula is C19H24N4O3. The lowest BCUT2D eigenvalue weighted by molar-refractivity contribution is -0.132. The van der Waals surface area contributed by atoms with Gasteiger partial charge >= 0.3 is 0 Å². The average molecular weight is 356 g/mol. The van der Waals surface area contributed by atoms with Gasteiger partial charge < -0.3 is 14.7 Å². The van der Waals surface area contributed by atoms with Crippen molar-refractivity contribution in [3.05, 3.63) is 47.1 Å². The lowest BCUT2D eigenvalue weighted by atomic mass is 10.0. The third-order valence-electron chi connectivity index (χ3n) is 4.42. The van der Waals surface area contributed by atoms with Crippen molar-refractivity contribution < 1.29 is 14.1 Å². The van der Waals surface area contributed by atoms with Crippen molar-refractivity contribution in [2.75, 3.05) is 6.54 Å². The molecule has 0 unspecified atom stereocenters. The molecule has 1 aromatic heterocycles. The van der Waals surface area contributed by atoms with E-state index in [1.807, 2.05) is 25.1 Å². The minimum atomic E-state index is -0.290. The Kier molecular flexibility index (Phi) is 5.35. The third-order valence-corrected chi connectivity index (χ3v) is 4.42. The number of nitrogens with zero attached hydrogens (tertiary/aromatic N) is 3. The Bertz CT molecular complexity index is 800. The fourth-order valence-electron chi connectivity index (χ4n) is 3.12. The van der Waals surface area contributed by atoms with Gasteiger partial charge in [-0.05, 0) is 24.5 Å². The van der Waals surface area contributed by atoms with Gasteiger partial charge in [-0.2, -0.15) is 4.98 Å². The van der Waals surface area contributed by atoms with Crippen molar-refractivity contribution in [3.63, 3.8) is 0 Å². The Morgan fingerprint density at radius 3 is 2.85 bits per heavy atom. The predicted octanol–water partition coefficient (Wildman–Crippen LogP) is 2.49. The topological polar surface area (TPSA) is 88.3 Å². The molecule has 0 saturated heterocycles. The van der Waals surface area contributed by atoms with E-state index in [0.717, 1.165) is 12.0 Å². The van der Waals surface area contributed by atoms with E-state index < -0.39 is 0 Å². The zero-order chi connectivity index (χ0) is 18.7. The van der Waals surface area contributed by atoms with Crippen LogP contribution in [0.1, 0.15) is 60.9 Å². The molecule has 2 amide bonds. The molecule has 0 bridgehead atoms. The molecule has 0 fully saturated rings. The number of amides is 2. The number of nitrogens with one attached hydrogen (secondary N) is 1. The van der Waals surface area contributed by atoms with E-state index in [4.69, 9.17) is 4.52 Å². The highest BCUT2D eigenvalue weighted by Gasteiger charge is 2.31. The van der Waals surface area contributed by atoms with E-state index in [0.29, 0.717) is 36.3 Å². The van der Waals surface area contributed by atoms with E-state index in [1.165, 1.54) is 0 Å². The van der Waals surface area contributed by atoms with Crippen LogP contribution in [0.3, 0.4) is 0 Å². The minimum absolute atomic E-state index is 0.0512. The molecule has 1 aromatic carbocycles. The maximum absolute atomic E-state index is 12.7. The molecule has 3 rings (SSSR count). The highest BCUT2D eigenvalue weighted by molar-refractivity contribution is 5.99. The first kappa shape index (κ1) is 18.1. The van der Waals surface area contributed by atoms with Gasteiger partial charge in [0, 0.05) is 18.5 Å². The number of benzene rings is 1. The van der Waals surface area contributed by atoms with Crippen molar-refractivity contribution in [3.8, 4) is 0 Å². The zero-order valence-electron chi connectivity index (χ0n) is 15.4. The number of fused-ring (bicyclic) bond motifs is 1. The lowest BCUT2D eigenvalue weighted by Crippen LogP contribution is -2.33. The predicted molar refractivity (Wildman–Crippen MR) is 95.2 cm³/mol. The van der Waals surface area contributed by atoms with Gasteiger partial charge in [0.25, 0.3) is 5.91 Å². The van der Waals surface area contributed by atoms with E-state index >= 15 is 0 Å². The number of carbonyl (C=O) groups excluding carboxylic acids is 2. The van der Waals surface area contributed by atoms with E-state index in [-0.39, 0.29) is 24.3 Å². The van der Waals surface area contributed by atoms with Crippen LogP contribution >= 0.6 is 0 Å². The van der Waals surface area contributed by atoms with Crippen LogP contribution in [0.25, 0.3) is 0 Å². The molecule has 0 saturated carbocycles. The standard InChI is InChI=1S/C19H24N4O3/c1-4-23(11-16-21-17(26-22-16)9-12(2)3)18(24)10-15-13-7-5-6-8-14(13)19(25)20-15/h5-8,12,15H,4,9-11H2,1-3H3,(H,20,25)/t15-/m0/s1. The Hall–Kier alpha value is -2.70. The number of aromatic nitrogens is 2. The van der Waals surface area contributed by atoms with Gasteiger partial charge in [-0.1, -0.05) is 37.2 Å². The first-order chi connectivity index (χ1) is 12.5. The van der Waals surface area contributed by atoms with E-state index in [1.54, 1.807) is 11.0 Å². The molecule has 1 aliphatic heterocycles. The molecule has 7 heteroatoms. The fourth-order valence-corrected chi connectivity index (χ4v) is 3.12.